The van der Waals surface area contributed by atoms with Gasteiger partial charge in [0.15, 0.2) is 0 Å². The molecule has 1 rings (SSSR count). The van der Waals surface area contributed by atoms with Crippen molar-refractivity contribution in [2.24, 2.45) is 5.92 Å². The van der Waals surface area contributed by atoms with E-state index >= 15 is 0 Å². The predicted octanol–water partition coefficient (Wildman–Crippen LogP) is 3.30. The quantitative estimate of drug-likeness (QED) is 0.729. The first-order valence-corrected chi connectivity index (χ1v) is 7.44. The van der Waals surface area contributed by atoms with Gasteiger partial charge in [0, 0.05) is 11.8 Å². The summed E-state index contributed by atoms with van der Waals surface area (Å²) in [5.41, 5.74) is 0. The van der Waals surface area contributed by atoms with E-state index < -0.39 is 0 Å². The van der Waals surface area contributed by atoms with Crippen LogP contribution in [0.15, 0.2) is 0 Å². The Labute approximate surface area is 93.4 Å². The zero-order chi connectivity index (χ0) is 10.2. The highest BCUT2D eigenvalue weighted by Crippen LogP contribution is 2.25. The zero-order valence-corrected chi connectivity index (χ0v) is 10.5. The highest BCUT2D eigenvalue weighted by atomic mass is 32.2. The zero-order valence-electron chi connectivity index (χ0n) is 9.72. The third kappa shape index (κ3) is 5.26. The molecule has 84 valence electrons. The van der Waals surface area contributed by atoms with E-state index in [2.05, 4.69) is 18.5 Å². The average Bonchev–Trinajstić information content (AvgIpc) is 2.20. The van der Waals surface area contributed by atoms with Crippen LogP contribution in [0.4, 0.5) is 0 Å². The van der Waals surface area contributed by atoms with Crippen LogP contribution >= 0.6 is 11.8 Å². The van der Waals surface area contributed by atoms with Crippen molar-refractivity contribution < 1.29 is 0 Å². The fourth-order valence-corrected chi connectivity index (χ4v) is 2.94. The Balaban J connectivity index is 1.96. The van der Waals surface area contributed by atoms with E-state index in [1.807, 2.05) is 11.8 Å². The number of rotatable bonds is 6. The molecule has 1 nitrogen and oxygen atoms in total. The lowest BCUT2D eigenvalue weighted by Crippen LogP contribution is -2.30. The average molecular weight is 215 g/mol. The molecule has 14 heavy (non-hydrogen) atoms. The summed E-state index contributed by atoms with van der Waals surface area (Å²) in [6.07, 6.45) is 11.0. The van der Waals surface area contributed by atoms with Crippen LogP contribution in [-0.2, 0) is 0 Å². The lowest BCUT2D eigenvalue weighted by atomic mass is 9.87. The van der Waals surface area contributed by atoms with Crippen molar-refractivity contribution in [2.75, 3.05) is 18.6 Å². The maximum absolute atomic E-state index is 3.61. The molecule has 1 aliphatic carbocycles. The van der Waals surface area contributed by atoms with Crippen molar-refractivity contribution in [2.45, 2.75) is 51.5 Å². The standard InChI is InChI=1S/C12H25NS/c1-11(10-14-2)13-9-8-12-6-4-3-5-7-12/h11-13H,3-10H2,1-2H3. The Bertz CT molecular complexity index is 132. The molecule has 0 aromatic rings. The molecule has 1 saturated carbocycles. The van der Waals surface area contributed by atoms with Crippen LogP contribution in [0, 0.1) is 5.92 Å². The molecule has 0 saturated heterocycles. The second-order valence-corrected chi connectivity index (χ2v) is 5.51. The molecule has 0 aromatic heterocycles. The van der Waals surface area contributed by atoms with Crippen LogP contribution in [-0.4, -0.2) is 24.6 Å². The van der Waals surface area contributed by atoms with Crippen LogP contribution in [0.5, 0.6) is 0 Å². The van der Waals surface area contributed by atoms with Gasteiger partial charge < -0.3 is 5.32 Å². The molecule has 0 amide bonds. The van der Waals surface area contributed by atoms with Gasteiger partial charge in [0.2, 0.25) is 0 Å². The first-order valence-electron chi connectivity index (χ1n) is 6.05. The summed E-state index contributed by atoms with van der Waals surface area (Å²) in [6, 6.07) is 0.689. The van der Waals surface area contributed by atoms with Gasteiger partial charge in [-0.15, -0.1) is 0 Å². The molecular weight excluding hydrogens is 190 g/mol. The molecule has 0 aliphatic heterocycles. The Morgan fingerprint density at radius 2 is 2.00 bits per heavy atom. The maximum Gasteiger partial charge on any atom is 0.0129 e. The molecule has 1 aliphatic rings. The fourth-order valence-electron chi connectivity index (χ4n) is 2.32. The Hall–Kier alpha value is 0.310. The van der Waals surface area contributed by atoms with Gasteiger partial charge in [0.1, 0.15) is 0 Å². The van der Waals surface area contributed by atoms with Gasteiger partial charge >= 0.3 is 0 Å². The van der Waals surface area contributed by atoms with E-state index in [0.717, 1.165) is 5.92 Å². The summed E-state index contributed by atoms with van der Waals surface area (Å²) in [4.78, 5) is 0. The van der Waals surface area contributed by atoms with Crippen LogP contribution in [0.1, 0.15) is 45.4 Å². The first-order chi connectivity index (χ1) is 6.83. The lowest BCUT2D eigenvalue weighted by Gasteiger charge is -2.22. The molecule has 2 heteroatoms. The van der Waals surface area contributed by atoms with Crippen LogP contribution in [0.2, 0.25) is 0 Å². The summed E-state index contributed by atoms with van der Waals surface area (Å²) in [6.45, 7) is 3.52. The Morgan fingerprint density at radius 3 is 2.64 bits per heavy atom. The smallest absolute Gasteiger partial charge is 0.0129 e. The first kappa shape index (κ1) is 12.4. The van der Waals surface area contributed by atoms with Gasteiger partial charge in [-0.25, -0.2) is 0 Å². The van der Waals surface area contributed by atoms with Crippen molar-refractivity contribution in [3.8, 4) is 0 Å². The van der Waals surface area contributed by atoms with Crippen molar-refractivity contribution in [3.63, 3.8) is 0 Å². The molecule has 0 bridgehead atoms. The number of hydrogen-bond donors (Lipinski definition) is 1. The van der Waals surface area contributed by atoms with E-state index in [-0.39, 0.29) is 0 Å². The van der Waals surface area contributed by atoms with E-state index in [1.54, 1.807) is 0 Å². The lowest BCUT2D eigenvalue weighted by molar-refractivity contribution is 0.331. The van der Waals surface area contributed by atoms with Crippen LogP contribution in [0.3, 0.4) is 0 Å². The van der Waals surface area contributed by atoms with E-state index in [4.69, 9.17) is 0 Å². The minimum absolute atomic E-state index is 0.689. The summed E-state index contributed by atoms with van der Waals surface area (Å²) in [5, 5.41) is 3.61. The van der Waals surface area contributed by atoms with Gasteiger partial charge in [-0.05, 0) is 32.1 Å². The molecule has 1 fully saturated rings. The minimum atomic E-state index is 0.689. The van der Waals surface area contributed by atoms with Crippen molar-refractivity contribution in [1.29, 1.82) is 0 Å². The molecular formula is C12H25NS. The molecule has 1 N–H and O–H groups in total. The van der Waals surface area contributed by atoms with Gasteiger partial charge in [0.25, 0.3) is 0 Å². The SMILES string of the molecule is CSCC(C)NCCC1CCCCC1. The molecule has 0 heterocycles. The molecule has 0 radical (unpaired) electrons. The minimum Gasteiger partial charge on any atom is -0.313 e. The topological polar surface area (TPSA) is 12.0 Å². The monoisotopic (exact) mass is 215 g/mol. The highest BCUT2D eigenvalue weighted by molar-refractivity contribution is 7.98. The van der Waals surface area contributed by atoms with E-state index in [9.17, 15) is 0 Å². The van der Waals surface area contributed by atoms with Crippen molar-refractivity contribution in [3.05, 3.63) is 0 Å². The molecule has 1 atom stereocenters. The molecule has 0 aromatic carbocycles. The number of thioether (sulfide) groups is 1. The summed E-state index contributed by atoms with van der Waals surface area (Å²) < 4.78 is 0. The molecule has 1 unspecified atom stereocenters. The second kappa shape index (κ2) is 7.58. The Kier molecular flexibility index (Phi) is 6.70. The highest BCUT2D eigenvalue weighted by Gasteiger charge is 2.12. The normalized spacial score (nSPS) is 21.0. The van der Waals surface area contributed by atoms with Gasteiger partial charge in [-0.1, -0.05) is 32.1 Å². The van der Waals surface area contributed by atoms with Gasteiger partial charge in [-0.3, -0.25) is 0 Å². The largest absolute Gasteiger partial charge is 0.313 e. The van der Waals surface area contributed by atoms with Gasteiger partial charge in [0.05, 0.1) is 0 Å². The second-order valence-electron chi connectivity index (χ2n) is 4.60. The van der Waals surface area contributed by atoms with Crippen LogP contribution in [0.25, 0.3) is 0 Å². The number of nitrogens with one attached hydrogen (secondary N) is 1. The maximum atomic E-state index is 3.61. The van der Waals surface area contributed by atoms with Crippen molar-refractivity contribution >= 4 is 11.8 Å². The van der Waals surface area contributed by atoms with Gasteiger partial charge in [-0.2, -0.15) is 11.8 Å². The molecule has 0 spiro atoms. The summed E-state index contributed by atoms with van der Waals surface area (Å²) in [7, 11) is 0. The summed E-state index contributed by atoms with van der Waals surface area (Å²) in [5.74, 6) is 2.27. The fraction of sp³-hybridized carbons (Fsp3) is 1.00. The third-order valence-corrected chi connectivity index (χ3v) is 4.02. The van der Waals surface area contributed by atoms with E-state index in [1.165, 1.54) is 50.8 Å². The Morgan fingerprint density at radius 1 is 1.29 bits per heavy atom. The summed E-state index contributed by atoms with van der Waals surface area (Å²) >= 11 is 1.93. The predicted molar refractivity (Wildman–Crippen MR) is 67.0 cm³/mol. The number of hydrogen-bond acceptors (Lipinski definition) is 2. The van der Waals surface area contributed by atoms with Crippen molar-refractivity contribution in [1.82, 2.24) is 5.32 Å². The third-order valence-electron chi connectivity index (χ3n) is 3.19. The van der Waals surface area contributed by atoms with E-state index in [0.29, 0.717) is 6.04 Å². The van der Waals surface area contributed by atoms with Crippen LogP contribution < -0.4 is 5.32 Å².